The molecule has 0 aromatic carbocycles. The summed E-state index contributed by atoms with van der Waals surface area (Å²) in [6, 6.07) is 0. The highest BCUT2D eigenvalue weighted by atomic mass is 16.5. The van der Waals surface area contributed by atoms with Gasteiger partial charge in [0.15, 0.2) is 5.69 Å². The van der Waals surface area contributed by atoms with Crippen LogP contribution in [0, 0.1) is 5.92 Å². The van der Waals surface area contributed by atoms with Gasteiger partial charge in [-0.3, -0.25) is 0 Å². The Balaban J connectivity index is 2.17. The maximum atomic E-state index is 11.2. The Kier molecular flexibility index (Phi) is 4.19. The standard InChI is InChI=1S/C13H21N3O3/c1-8(2)6-11-12(13(17)18)14-15-16(11)7-10-5-4-9(3)19-10/h8-10H,4-7H2,1-3H3,(H,17,18). The molecule has 0 amide bonds. The Hall–Kier alpha value is -1.43. The van der Waals surface area contributed by atoms with E-state index in [2.05, 4.69) is 31.1 Å². The molecule has 1 N–H and O–H groups in total. The highest BCUT2D eigenvalue weighted by Crippen LogP contribution is 2.21. The molecule has 2 heterocycles. The summed E-state index contributed by atoms with van der Waals surface area (Å²) >= 11 is 0. The summed E-state index contributed by atoms with van der Waals surface area (Å²) in [5, 5.41) is 16.9. The molecule has 0 radical (unpaired) electrons. The van der Waals surface area contributed by atoms with E-state index in [4.69, 9.17) is 9.84 Å². The number of carbonyl (C=O) groups is 1. The Bertz CT molecular complexity index is 456. The fraction of sp³-hybridized carbons (Fsp3) is 0.769. The molecule has 106 valence electrons. The first kappa shape index (κ1) is 14.0. The average molecular weight is 267 g/mol. The molecule has 1 aromatic rings. The molecule has 1 saturated heterocycles. The molecule has 2 rings (SSSR count). The summed E-state index contributed by atoms with van der Waals surface area (Å²) in [4.78, 5) is 11.2. The van der Waals surface area contributed by atoms with Gasteiger partial charge in [0, 0.05) is 0 Å². The van der Waals surface area contributed by atoms with Gasteiger partial charge in [-0.25, -0.2) is 9.48 Å². The zero-order valence-electron chi connectivity index (χ0n) is 11.7. The van der Waals surface area contributed by atoms with Crippen molar-refractivity contribution >= 4 is 5.97 Å². The van der Waals surface area contributed by atoms with Crippen molar-refractivity contribution in [2.45, 2.75) is 58.8 Å². The van der Waals surface area contributed by atoms with E-state index >= 15 is 0 Å². The monoisotopic (exact) mass is 267 g/mol. The van der Waals surface area contributed by atoms with Crippen molar-refractivity contribution in [3.8, 4) is 0 Å². The molecule has 0 saturated carbocycles. The highest BCUT2D eigenvalue weighted by molar-refractivity contribution is 5.86. The quantitative estimate of drug-likeness (QED) is 0.879. The number of nitrogens with zero attached hydrogens (tertiary/aromatic N) is 3. The minimum atomic E-state index is -1.01. The molecule has 6 heteroatoms. The Morgan fingerprint density at radius 3 is 2.79 bits per heavy atom. The fourth-order valence-electron chi connectivity index (χ4n) is 2.45. The van der Waals surface area contributed by atoms with Gasteiger partial charge in [0.1, 0.15) is 0 Å². The van der Waals surface area contributed by atoms with E-state index in [9.17, 15) is 4.79 Å². The van der Waals surface area contributed by atoms with Crippen LogP contribution in [0.15, 0.2) is 0 Å². The Morgan fingerprint density at radius 2 is 2.26 bits per heavy atom. The third-order valence-electron chi connectivity index (χ3n) is 3.34. The average Bonchev–Trinajstić information content (AvgIpc) is 2.87. The lowest BCUT2D eigenvalue weighted by Crippen LogP contribution is -2.20. The minimum Gasteiger partial charge on any atom is -0.476 e. The third-order valence-corrected chi connectivity index (χ3v) is 3.34. The number of carboxylic acids is 1. The SMILES string of the molecule is CC(C)Cc1c(C(=O)O)nnn1CC1CCC(C)O1. The Morgan fingerprint density at radius 1 is 1.53 bits per heavy atom. The molecule has 0 spiro atoms. The van der Waals surface area contributed by atoms with Gasteiger partial charge in [0.05, 0.1) is 24.4 Å². The normalized spacial score (nSPS) is 23.2. The van der Waals surface area contributed by atoms with Gasteiger partial charge in [0.2, 0.25) is 0 Å². The predicted molar refractivity (Wildman–Crippen MR) is 69.1 cm³/mol. The smallest absolute Gasteiger partial charge is 0.358 e. The molecular formula is C13H21N3O3. The summed E-state index contributed by atoms with van der Waals surface area (Å²) in [6.07, 6.45) is 3.09. The zero-order valence-corrected chi connectivity index (χ0v) is 11.7. The van der Waals surface area contributed by atoms with Gasteiger partial charge in [-0.05, 0) is 32.1 Å². The van der Waals surface area contributed by atoms with Crippen LogP contribution >= 0.6 is 0 Å². The van der Waals surface area contributed by atoms with Crippen molar-refractivity contribution < 1.29 is 14.6 Å². The number of carboxylic acid groups (broad SMARTS) is 1. The Labute approximate surface area is 112 Å². The summed E-state index contributed by atoms with van der Waals surface area (Å²) in [5.74, 6) is -0.652. The minimum absolute atomic E-state index is 0.0692. The molecule has 0 aliphatic carbocycles. The van der Waals surface area contributed by atoms with Crippen LogP contribution in [0.4, 0.5) is 0 Å². The van der Waals surface area contributed by atoms with Crippen LogP contribution in [0.25, 0.3) is 0 Å². The second-order valence-electron chi connectivity index (χ2n) is 5.62. The van der Waals surface area contributed by atoms with Crippen molar-refractivity contribution in [2.75, 3.05) is 0 Å². The van der Waals surface area contributed by atoms with Crippen LogP contribution in [0.1, 0.15) is 49.8 Å². The molecule has 1 aliphatic heterocycles. The van der Waals surface area contributed by atoms with Gasteiger partial charge < -0.3 is 9.84 Å². The van der Waals surface area contributed by atoms with Gasteiger partial charge in [0.25, 0.3) is 0 Å². The zero-order chi connectivity index (χ0) is 14.0. The van der Waals surface area contributed by atoms with Gasteiger partial charge >= 0.3 is 5.97 Å². The second kappa shape index (κ2) is 5.69. The van der Waals surface area contributed by atoms with Gasteiger partial charge in [-0.15, -0.1) is 5.10 Å². The van der Waals surface area contributed by atoms with E-state index in [1.165, 1.54) is 0 Å². The predicted octanol–water partition coefficient (Wildman–Crippen LogP) is 1.74. The van der Waals surface area contributed by atoms with Gasteiger partial charge in [-0.1, -0.05) is 19.1 Å². The summed E-state index contributed by atoms with van der Waals surface area (Å²) in [6.45, 7) is 6.75. The molecule has 2 unspecified atom stereocenters. The molecule has 2 atom stereocenters. The van der Waals surface area contributed by atoms with E-state index in [1.54, 1.807) is 4.68 Å². The molecule has 1 fully saturated rings. The second-order valence-corrected chi connectivity index (χ2v) is 5.62. The largest absolute Gasteiger partial charge is 0.476 e. The lowest BCUT2D eigenvalue weighted by Gasteiger charge is -2.14. The number of ether oxygens (including phenoxy) is 1. The van der Waals surface area contributed by atoms with E-state index in [1.807, 2.05) is 0 Å². The van der Waals surface area contributed by atoms with Crippen LogP contribution in [0.3, 0.4) is 0 Å². The van der Waals surface area contributed by atoms with Crippen molar-refractivity contribution in [3.05, 3.63) is 11.4 Å². The third kappa shape index (κ3) is 3.32. The molecule has 0 bridgehead atoms. The topological polar surface area (TPSA) is 77.2 Å². The molecule has 6 nitrogen and oxygen atoms in total. The number of hydrogen-bond acceptors (Lipinski definition) is 4. The number of aromatic carboxylic acids is 1. The van der Waals surface area contributed by atoms with Crippen LogP contribution in [0.2, 0.25) is 0 Å². The summed E-state index contributed by atoms with van der Waals surface area (Å²) in [7, 11) is 0. The first-order chi connectivity index (χ1) is 8.97. The van der Waals surface area contributed by atoms with E-state index < -0.39 is 5.97 Å². The fourth-order valence-corrected chi connectivity index (χ4v) is 2.45. The molecule has 19 heavy (non-hydrogen) atoms. The van der Waals surface area contributed by atoms with Crippen LogP contribution < -0.4 is 0 Å². The van der Waals surface area contributed by atoms with E-state index in [0.717, 1.165) is 12.8 Å². The van der Waals surface area contributed by atoms with Crippen molar-refractivity contribution in [2.24, 2.45) is 5.92 Å². The maximum absolute atomic E-state index is 11.2. The summed E-state index contributed by atoms with van der Waals surface area (Å²) in [5.41, 5.74) is 0.769. The molecule has 1 aliphatic rings. The number of hydrogen-bond donors (Lipinski definition) is 1. The lowest BCUT2D eigenvalue weighted by atomic mass is 10.1. The first-order valence-corrected chi connectivity index (χ1v) is 6.78. The van der Waals surface area contributed by atoms with E-state index in [0.29, 0.717) is 24.6 Å². The van der Waals surface area contributed by atoms with Crippen molar-refractivity contribution in [1.29, 1.82) is 0 Å². The first-order valence-electron chi connectivity index (χ1n) is 6.78. The van der Waals surface area contributed by atoms with Crippen molar-refractivity contribution in [3.63, 3.8) is 0 Å². The maximum Gasteiger partial charge on any atom is 0.358 e. The number of aromatic nitrogens is 3. The lowest BCUT2D eigenvalue weighted by molar-refractivity contribution is 0.0427. The number of rotatable bonds is 5. The molecule has 1 aromatic heterocycles. The highest BCUT2D eigenvalue weighted by Gasteiger charge is 2.26. The van der Waals surface area contributed by atoms with Crippen LogP contribution in [0.5, 0.6) is 0 Å². The van der Waals surface area contributed by atoms with E-state index in [-0.39, 0.29) is 17.9 Å². The van der Waals surface area contributed by atoms with Gasteiger partial charge in [-0.2, -0.15) is 0 Å². The van der Waals surface area contributed by atoms with Crippen LogP contribution in [-0.2, 0) is 17.7 Å². The molecular weight excluding hydrogens is 246 g/mol. The van der Waals surface area contributed by atoms with Crippen LogP contribution in [-0.4, -0.2) is 38.3 Å². The van der Waals surface area contributed by atoms with Crippen molar-refractivity contribution in [1.82, 2.24) is 15.0 Å². The summed E-state index contributed by atoms with van der Waals surface area (Å²) < 4.78 is 7.46.